The van der Waals surface area contributed by atoms with Crippen LogP contribution in [0.5, 0.6) is 0 Å². The number of hydrogen-bond acceptors (Lipinski definition) is 2. The molecule has 0 saturated carbocycles. The lowest BCUT2D eigenvalue weighted by Gasteiger charge is -2.10. The number of rotatable bonds is 2. The third-order valence-corrected chi connectivity index (χ3v) is 3.79. The summed E-state index contributed by atoms with van der Waals surface area (Å²) in [7, 11) is 0. The molecule has 1 fully saturated rings. The van der Waals surface area contributed by atoms with Crippen LogP contribution in [0.15, 0.2) is 60.3 Å². The molecule has 21 heavy (non-hydrogen) atoms. The summed E-state index contributed by atoms with van der Waals surface area (Å²) in [5.74, 6) is -0.343. The van der Waals surface area contributed by atoms with Crippen molar-refractivity contribution in [3.63, 3.8) is 0 Å². The van der Waals surface area contributed by atoms with Gasteiger partial charge in [-0.2, -0.15) is 0 Å². The molecular formula is C16H11IN2O2. The lowest BCUT2D eigenvalue weighted by atomic mass is 10.2. The molecule has 0 spiro atoms. The first-order valence-electron chi connectivity index (χ1n) is 6.33. The monoisotopic (exact) mass is 390 g/mol. The fourth-order valence-corrected chi connectivity index (χ4v) is 2.43. The number of amides is 3. The van der Waals surface area contributed by atoms with Gasteiger partial charge in [0.05, 0.1) is 5.69 Å². The molecule has 1 aliphatic heterocycles. The predicted molar refractivity (Wildman–Crippen MR) is 89.6 cm³/mol. The Kier molecular flexibility index (Phi) is 3.74. The van der Waals surface area contributed by atoms with E-state index in [-0.39, 0.29) is 11.6 Å². The Morgan fingerprint density at radius 3 is 2.29 bits per heavy atom. The molecule has 2 aromatic carbocycles. The summed E-state index contributed by atoms with van der Waals surface area (Å²) in [5, 5.41) is 2.61. The van der Waals surface area contributed by atoms with Gasteiger partial charge in [0.25, 0.3) is 5.91 Å². The maximum absolute atomic E-state index is 12.4. The normalized spacial score (nSPS) is 16.4. The lowest BCUT2D eigenvalue weighted by molar-refractivity contribution is -0.113. The van der Waals surface area contributed by atoms with Gasteiger partial charge in [0.1, 0.15) is 5.70 Å². The largest absolute Gasteiger partial charge is 0.333 e. The molecule has 2 aromatic rings. The number of para-hydroxylation sites is 1. The van der Waals surface area contributed by atoms with Crippen molar-refractivity contribution in [1.29, 1.82) is 0 Å². The molecule has 0 unspecified atom stereocenters. The maximum atomic E-state index is 12.4. The Morgan fingerprint density at radius 1 is 0.952 bits per heavy atom. The molecule has 0 bridgehead atoms. The first-order valence-corrected chi connectivity index (χ1v) is 7.41. The van der Waals surface area contributed by atoms with E-state index in [0.29, 0.717) is 5.69 Å². The third kappa shape index (κ3) is 2.82. The van der Waals surface area contributed by atoms with Crippen molar-refractivity contribution in [2.24, 2.45) is 0 Å². The van der Waals surface area contributed by atoms with Gasteiger partial charge in [-0.1, -0.05) is 30.3 Å². The highest BCUT2D eigenvalue weighted by atomic mass is 127. The highest BCUT2D eigenvalue weighted by Gasteiger charge is 2.34. The molecule has 0 aromatic heterocycles. The van der Waals surface area contributed by atoms with Gasteiger partial charge in [0.15, 0.2) is 0 Å². The zero-order valence-corrected chi connectivity index (χ0v) is 13.1. The number of nitrogens with zero attached hydrogens (tertiary/aromatic N) is 1. The van der Waals surface area contributed by atoms with Crippen molar-refractivity contribution in [2.45, 2.75) is 0 Å². The number of hydrogen-bond donors (Lipinski definition) is 1. The quantitative estimate of drug-likeness (QED) is 0.486. The van der Waals surface area contributed by atoms with Crippen LogP contribution in [-0.2, 0) is 4.79 Å². The van der Waals surface area contributed by atoms with Gasteiger partial charge in [0.2, 0.25) is 0 Å². The second kappa shape index (κ2) is 5.69. The Hall–Kier alpha value is -2.15. The Balaban J connectivity index is 1.92. The van der Waals surface area contributed by atoms with Crippen LogP contribution in [0, 0.1) is 3.57 Å². The summed E-state index contributed by atoms with van der Waals surface area (Å²) < 4.78 is 1.11. The maximum Gasteiger partial charge on any atom is 0.333 e. The van der Waals surface area contributed by atoms with E-state index in [9.17, 15) is 9.59 Å². The van der Waals surface area contributed by atoms with E-state index in [0.717, 1.165) is 14.0 Å². The van der Waals surface area contributed by atoms with Crippen LogP contribution in [0.25, 0.3) is 6.08 Å². The molecule has 1 aliphatic rings. The second-order valence-electron chi connectivity index (χ2n) is 4.52. The van der Waals surface area contributed by atoms with Crippen LogP contribution in [0.1, 0.15) is 5.56 Å². The molecule has 1 saturated heterocycles. The van der Waals surface area contributed by atoms with Crippen molar-refractivity contribution >= 4 is 46.3 Å². The zero-order chi connectivity index (χ0) is 14.8. The van der Waals surface area contributed by atoms with Gasteiger partial charge in [-0.25, -0.2) is 9.69 Å². The van der Waals surface area contributed by atoms with E-state index in [4.69, 9.17) is 0 Å². The van der Waals surface area contributed by atoms with Crippen molar-refractivity contribution in [2.75, 3.05) is 4.90 Å². The molecular weight excluding hydrogens is 379 g/mol. The van der Waals surface area contributed by atoms with Crippen LogP contribution in [0.3, 0.4) is 0 Å². The molecule has 0 atom stereocenters. The van der Waals surface area contributed by atoms with Crippen molar-refractivity contribution < 1.29 is 9.59 Å². The number of urea groups is 1. The number of benzene rings is 2. The second-order valence-corrected chi connectivity index (χ2v) is 5.76. The van der Waals surface area contributed by atoms with Crippen LogP contribution < -0.4 is 10.2 Å². The van der Waals surface area contributed by atoms with Crippen LogP contribution in [-0.4, -0.2) is 11.9 Å². The highest BCUT2D eigenvalue weighted by Crippen LogP contribution is 2.21. The Morgan fingerprint density at radius 2 is 1.62 bits per heavy atom. The minimum absolute atomic E-state index is 0.282. The average Bonchev–Trinajstić information content (AvgIpc) is 2.77. The summed E-state index contributed by atoms with van der Waals surface area (Å²) in [6.07, 6.45) is 1.68. The SMILES string of the molecule is O=C1N/C(=C/c2ccc(I)cc2)C(=O)N1c1ccccc1. The lowest BCUT2D eigenvalue weighted by Crippen LogP contribution is -2.30. The van der Waals surface area contributed by atoms with E-state index in [1.54, 1.807) is 30.3 Å². The smallest absolute Gasteiger partial charge is 0.302 e. The molecule has 1 heterocycles. The molecule has 3 rings (SSSR count). The van der Waals surface area contributed by atoms with E-state index in [1.807, 2.05) is 30.3 Å². The average molecular weight is 390 g/mol. The number of nitrogens with one attached hydrogen (secondary N) is 1. The number of halogens is 1. The first kappa shape index (κ1) is 13.8. The summed E-state index contributed by atoms with van der Waals surface area (Å²) in [6.45, 7) is 0. The standard InChI is InChI=1S/C16H11IN2O2/c17-12-8-6-11(7-9-12)10-14-15(20)19(16(21)18-14)13-4-2-1-3-5-13/h1-10H,(H,18,21)/b14-10+. The Labute approximate surface area is 135 Å². The number of imide groups is 1. The fourth-order valence-electron chi connectivity index (χ4n) is 2.07. The number of carbonyl (C=O) groups is 2. The highest BCUT2D eigenvalue weighted by molar-refractivity contribution is 14.1. The van der Waals surface area contributed by atoms with Crippen LogP contribution in [0.2, 0.25) is 0 Å². The van der Waals surface area contributed by atoms with Gasteiger partial charge in [-0.15, -0.1) is 0 Å². The third-order valence-electron chi connectivity index (χ3n) is 3.07. The molecule has 4 nitrogen and oxygen atoms in total. The van der Waals surface area contributed by atoms with E-state index >= 15 is 0 Å². The number of carbonyl (C=O) groups excluding carboxylic acids is 2. The van der Waals surface area contributed by atoms with Crippen molar-refractivity contribution in [1.82, 2.24) is 5.32 Å². The fraction of sp³-hybridized carbons (Fsp3) is 0. The molecule has 5 heteroatoms. The Bertz CT molecular complexity index is 724. The minimum Gasteiger partial charge on any atom is -0.302 e. The van der Waals surface area contributed by atoms with Gasteiger partial charge in [-0.3, -0.25) is 4.79 Å². The molecule has 0 radical (unpaired) electrons. The van der Waals surface area contributed by atoms with Gasteiger partial charge in [0, 0.05) is 3.57 Å². The van der Waals surface area contributed by atoms with Crippen molar-refractivity contribution in [3.8, 4) is 0 Å². The van der Waals surface area contributed by atoms with E-state index in [1.165, 1.54) is 0 Å². The van der Waals surface area contributed by atoms with Gasteiger partial charge < -0.3 is 5.32 Å². The molecule has 3 amide bonds. The van der Waals surface area contributed by atoms with Crippen LogP contribution in [0.4, 0.5) is 10.5 Å². The van der Waals surface area contributed by atoms with Gasteiger partial charge in [-0.05, 0) is 58.5 Å². The number of anilines is 1. The van der Waals surface area contributed by atoms with Crippen LogP contribution >= 0.6 is 22.6 Å². The summed E-state index contributed by atoms with van der Waals surface area (Å²) in [6, 6.07) is 16.1. The molecule has 104 valence electrons. The predicted octanol–water partition coefficient (Wildman–Crippen LogP) is 3.39. The molecule has 0 aliphatic carbocycles. The van der Waals surface area contributed by atoms with Crippen molar-refractivity contribution in [3.05, 3.63) is 69.4 Å². The van der Waals surface area contributed by atoms with E-state index < -0.39 is 6.03 Å². The van der Waals surface area contributed by atoms with Gasteiger partial charge >= 0.3 is 6.03 Å². The summed E-state index contributed by atoms with van der Waals surface area (Å²) >= 11 is 2.21. The molecule has 1 N–H and O–H groups in total. The minimum atomic E-state index is -0.428. The zero-order valence-electron chi connectivity index (χ0n) is 10.9. The topological polar surface area (TPSA) is 49.4 Å². The van der Waals surface area contributed by atoms with E-state index in [2.05, 4.69) is 27.9 Å². The summed E-state index contributed by atoms with van der Waals surface area (Å²) in [4.78, 5) is 25.5. The summed E-state index contributed by atoms with van der Waals surface area (Å²) in [5.41, 5.74) is 1.71. The first-order chi connectivity index (χ1) is 10.1.